The number of thiophene rings is 1. The highest BCUT2D eigenvalue weighted by molar-refractivity contribution is 7.20. The van der Waals surface area contributed by atoms with Crippen molar-refractivity contribution in [3.63, 3.8) is 0 Å². The maximum Gasteiger partial charge on any atom is 0.266 e. The van der Waals surface area contributed by atoms with E-state index in [4.69, 9.17) is 5.73 Å². The van der Waals surface area contributed by atoms with E-state index in [9.17, 15) is 14.4 Å². The van der Waals surface area contributed by atoms with Crippen molar-refractivity contribution in [3.8, 4) is 0 Å². The number of amides is 2. The number of nitrogens with one attached hydrogen (secondary N) is 1. The van der Waals surface area contributed by atoms with Crippen LogP contribution in [-0.2, 0) is 11.2 Å². The molecule has 3 rings (SSSR count). The molecule has 1 aromatic carbocycles. The summed E-state index contributed by atoms with van der Waals surface area (Å²) < 4.78 is 1.39. The fraction of sp³-hybridized carbons (Fsp3) is 0.364. The van der Waals surface area contributed by atoms with Crippen LogP contribution in [-0.4, -0.2) is 21.4 Å². The highest BCUT2D eigenvalue weighted by Gasteiger charge is 2.26. The summed E-state index contributed by atoms with van der Waals surface area (Å²) in [5, 5.41) is 3.29. The van der Waals surface area contributed by atoms with E-state index in [0.717, 1.165) is 16.8 Å². The Hall–Kier alpha value is -3.00. The molecule has 1 unspecified atom stereocenters. The molecule has 0 saturated carbocycles. The van der Waals surface area contributed by atoms with E-state index in [1.165, 1.54) is 15.9 Å². The summed E-state index contributed by atoms with van der Waals surface area (Å²) in [5.41, 5.74) is 8.56. The van der Waals surface area contributed by atoms with Crippen LogP contribution in [0.15, 0.2) is 23.0 Å². The van der Waals surface area contributed by atoms with Crippen LogP contribution in [0.5, 0.6) is 0 Å². The van der Waals surface area contributed by atoms with Crippen LogP contribution in [0, 0.1) is 20.8 Å². The van der Waals surface area contributed by atoms with Gasteiger partial charge in [-0.15, -0.1) is 11.3 Å². The number of hydrogen-bond donors (Lipinski definition) is 2. The summed E-state index contributed by atoms with van der Waals surface area (Å²) in [6, 6.07) is 5.03. The first kappa shape index (κ1) is 21.7. The Balaban J connectivity index is 2.13. The second kappa shape index (κ2) is 8.39. The molecule has 0 radical (unpaired) electrons. The second-order valence-corrected chi connectivity index (χ2v) is 8.39. The van der Waals surface area contributed by atoms with Crippen molar-refractivity contribution < 1.29 is 9.59 Å². The Labute approximate surface area is 178 Å². The molecule has 0 fully saturated rings. The summed E-state index contributed by atoms with van der Waals surface area (Å²) in [6.45, 7) is 9.33. The van der Waals surface area contributed by atoms with Gasteiger partial charge in [-0.3, -0.25) is 19.0 Å². The third-order valence-corrected chi connectivity index (χ3v) is 6.43. The van der Waals surface area contributed by atoms with Crippen LogP contribution in [0.2, 0.25) is 0 Å². The number of carbonyl (C=O) groups is 2. The number of fused-ring (bicyclic) bond motifs is 1. The molecule has 0 aliphatic carbocycles. The van der Waals surface area contributed by atoms with Gasteiger partial charge in [-0.1, -0.05) is 31.5 Å². The van der Waals surface area contributed by atoms with E-state index in [2.05, 4.69) is 10.3 Å². The molecule has 3 N–H and O–H groups in total. The summed E-state index contributed by atoms with van der Waals surface area (Å²) in [7, 11) is 0. The van der Waals surface area contributed by atoms with Gasteiger partial charge < -0.3 is 11.1 Å². The summed E-state index contributed by atoms with van der Waals surface area (Å²) in [5.74, 6) is -0.370. The Bertz CT molecular complexity index is 1210. The monoisotopic (exact) mass is 426 g/mol. The number of anilines is 1. The van der Waals surface area contributed by atoms with Crippen molar-refractivity contribution in [2.75, 3.05) is 5.32 Å². The fourth-order valence-electron chi connectivity index (χ4n) is 3.67. The zero-order chi connectivity index (χ0) is 22.2. The lowest BCUT2D eigenvalue weighted by Crippen LogP contribution is -2.36. The molecule has 2 heterocycles. The Morgan fingerprint density at radius 3 is 2.50 bits per heavy atom. The van der Waals surface area contributed by atoms with Crippen molar-refractivity contribution in [1.29, 1.82) is 0 Å². The van der Waals surface area contributed by atoms with Gasteiger partial charge in [0.15, 0.2) is 0 Å². The van der Waals surface area contributed by atoms with Crippen molar-refractivity contribution in [2.45, 2.75) is 53.5 Å². The highest BCUT2D eigenvalue weighted by Crippen LogP contribution is 2.29. The third-order valence-electron chi connectivity index (χ3n) is 5.25. The SMILES string of the molecule is CCc1nc2sc(C(=O)Nc3ccc(C)cc3C)c(C)c2c(=O)n1C(CC)C(N)=O. The van der Waals surface area contributed by atoms with Gasteiger partial charge in [-0.05, 0) is 44.4 Å². The van der Waals surface area contributed by atoms with E-state index < -0.39 is 11.9 Å². The molecule has 0 spiro atoms. The molecule has 0 bridgehead atoms. The molecule has 0 aliphatic rings. The maximum atomic E-state index is 13.3. The van der Waals surface area contributed by atoms with Crippen LogP contribution in [0.25, 0.3) is 10.2 Å². The molecular formula is C22H26N4O3S. The largest absolute Gasteiger partial charge is 0.368 e. The normalized spacial score (nSPS) is 12.2. The van der Waals surface area contributed by atoms with E-state index in [1.807, 2.05) is 39.0 Å². The first-order valence-electron chi connectivity index (χ1n) is 9.91. The number of benzene rings is 1. The summed E-state index contributed by atoms with van der Waals surface area (Å²) in [4.78, 5) is 43.7. The molecule has 2 aromatic heterocycles. The number of nitrogens with two attached hydrogens (primary N) is 1. The van der Waals surface area contributed by atoms with Gasteiger partial charge >= 0.3 is 0 Å². The predicted octanol–water partition coefficient (Wildman–Crippen LogP) is 3.63. The fourth-order valence-corrected chi connectivity index (χ4v) is 4.75. The van der Waals surface area contributed by atoms with Crippen molar-refractivity contribution in [1.82, 2.24) is 9.55 Å². The van der Waals surface area contributed by atoms with E-state index in [1.54, 1.807) is 13.8 Å². The number of rotatable bonds is 6. The first-order valence-corrected chi connectivity index (χ1v) is 10.7. The molecule has 0 saturated heterocycles. The Morgan fingerprint density at radius 1 is 1.23 bits per heavy atom. The lowest BCUT2D eigenvalue weighted by atomic mass is 10.1. The molecule has 8 heteroatoms. The first-order chi connectivity index (χ1) is 14.2. The highest BCUT2D eigenvalue weighted by atomic mass is 32.1. The maximum absolute atomic E-state index is 13.3. The number of nitrogens with zero attached hydrogens (tertiary/aromatic N) is 2. The van der Waals surface area contributed by atoms with Crippen LogP contribution in [0.3, 0.4) is 0 Å². The number of aromatic nitrogens is 2. The average molecular weight is 427 g/mol. The molecular weight excluding hydrogens is 400 g/mol. The Morgan fingerprint density at radius 2 is 1.93 bits per heavy atom. The molecule has 30 heavy (non-hydrogen) atoms. The van der Waals surface area contributed by atoms with Crippen molar-refractivity contribution in [3.05, 3.63) is 55.9 Å². The quantitative estimate of drug-likeness (QED) is 0.627. The van der Waals surface area contributed by atoms with Crippen molar-refractivity contribution in [2.24, 2.45) is 5.73 Å². The Kier molecular flexibility index (Phi) is 6.07. The predicted molar refractivity (Wildman–Crippen MR) is 120 cm³/mol. The lowest BCUT2D eigenvalue weighted by molar-refractivity contribution is -0.121. The minimum atomic E-state index is -0.767. The summed E-state index contributed by atoms with van der Waals surface area (Å²) in [6.07, 6.45) is 0.856. The molecule has 3 aromatic rings. The van der Waals surface area contributed by atoms with Gasteiger partial charge in [0.05, 0.1) is 10.3 Å². The van der Waals surface area contributed by atoms with E-state index >= 15 is 0 Å². The standard InChI is InChI=1S/C22H26N4O3S/c1-6-15(19(23)27)26-16(7-2)25-21-17(22(26)29)13(5)18(30-21)20(28)24-14-9-8-11(3)10-12(14)4/h8-10,15H,6-7H2,1-5H3,(H2,23,27)(H,24,28). The third kappa shape index (κ3) is 3.75. The minimum Gasteiger partial charge on any atom is -0.368 e. The second-order valence-electron chi connectivity index (χ2n) is 7.39. The number of primary amides is 1. The number of carbonyl (C=O) groups excluding carboxylic acids is 2. The zero-order valence-electron chi connectivity index (χ0n) is 17.8. The van der Waals surface area contributed by atoms with Gasteiger partial charge in [-0.2, -0.15) is 0 Å². The number of aryl methyl sites for hydroxylation is 4. The smallest absolute Gasteiger partial charge is 0.266 e. The minimum absolute atomic E-state index is 0.284. The van der Waals surface area contributed by atoms with Crippen LogP contribution in [0.1, 0.15) is 58.5 Å². The van der Waals surface area contributed by atoms with E-state index in [0.29, 0.717) is 39.3 Å². The topological polar surface area (TPSA) is 107 Å². The van der Waals surface area contributed by atoms with Gasteiger partial charge in [0.2, 0.25) is 5.91 Å². The van der Waals surface area contributed by atoms with Crippen LogP contribution in [0.4, 0.5) is 5.69 Å². The van der Waals surface area contributed by atoms with Crippen LogP contribution >= 0.6 is 11.3 Å². The van der Waals surface area contributed by atoms with Gasteiger partial charge in [-0.25, -0.2) is 4.98 Å². The van der Waals surface area contributed by atoms with Gasteiger partial charge in [0.25, 0.3) is 11.5 Å². The summed E-state index contributed by atoms with van der Waals surface area (Å²) >= 11 is 1.19. The van der Waals surface area contributed by atoms with E-state index in [-0.39, 0.29) is 11.5 Å². The van der Waals surface area contributed by atoms with Crippen molar-refractivity contribution >= 4 is 39.1 Å². The molecule has 7 nitrogen and oxygen atoms in total. The van der Waals surface area contributed by atoms with Gasteiger partial charge in [0, 0.05) is 12.1 Å². The van der Waals surface area contributed by atoms with Crippen LogP contribution < -0.4 is 16.6 Å². The number of hydrogen-bond acceptors (Lipinski definition) is 5. The average Bonchev–Trinajstić information content (AvgIpc) is 3.02. The molecule has 1 atom stereocenters. The molecule has 2 amide bonds. The molecule has 0 aliphatic heterocycles. The lowest BCUT2D eigenvalue weighted by Gasteiger charge is -2.18. The van der Waals surface area contributed by atoms with Gasteiger partial charge in [0.1, 0.15) is 16.7 Å². The molecule has 158 valence electrons. The zero-order valence-corrected chi connectivity index (χ0v) is 18.6.